The Hall–Kier alpha value is -0.0800. The van der Waals surface area contributed by atoms with E-state index in [0.717, 1.165) is 32.9 Å². The van der Waals surface area contributed by atoms with E-state index in [1.807, 2.05) is 11.8 Å². The van der Waals surface area contributed by atoms with E-state index in [9.17, 15) is 0 Å². The first-order chi connectivity index (χ1) is 6.84. The van der Waals surface area contributed by atoms with Gasteiger partial charge in [-0.05, 0) is 6.92 Å². The average molecular weight is 329 g/mol. The summed E-state index contributed by atoms with van der Waals surface area (Å²) < 4.78 is 10.4. The number of hydrogen-bond acceptors (Lipinski definition) is 3. The molecule has 0 aromatic carbocycles. The molecule has 1 saturated heterocycles. The fraction of sp³-hybridized carbons (Fsp3) is 0.889. The van der Waals surface area contributed by atoms with Gasteiger partial charge < -0.3 is 20.1 Å². The van der Waals surface area contributed by atoms with Crippen molar-refractivity contribution >= 4 is 29.9 Å². The zero-order valence-corrected chi connectivity index (χ0v) is 11.5. The molecule has 0 spiro atoms. The lowest BCUT2D eigenvalue weighted by Gasteiger charge is -2.27. The first-order valence-electron chi connectivity index (χ1n) is 5.05. The number of rotatable bonds is 4. The standard InChI is InChI=1S/C9H19N3O2.HI/c1-2-13-6-3-11-9(10)12-4-7-14-8-5-12;/h2-8H2,1H3,(H2,10,11);1H. The van der Waals surface area contributed by atoms with Crippen LogP contribution in [0.4, 0.5) is 0 Å². The van der Waals surface area contributed by atoms with Crippen molar-refractivity contribution in [3.05, 3.63) is 0 Å². The van der Waals surface area contributed by atoms with Crippen LogP contribution >= 0.6 is 24.0 Å². The summed E-state index contributed by atoms with van der Waals surface area (Å²) >= 11 is 0. The lowest BCUT2D eigenvalue weighted by atomic mass is 10.4. The highest BCUT2D eigenvalue weighted by Crippen LogP contribution is 1.95. The molecule has 1 aliphatic heterocycles. The molecule has 0 aromatic rings. The van der Waals surface area contributed by atoms with E-state index in [1.54, 1.807) is 0 Å². The van der Waals surface area contributed by atoms with Gasteiger partial charge in [-0.25, -0.2) is 0 Å². The first kappa shape index (κ1) is 14.9. The predicted molar refractivity (Wildman–Crippen MR) is 70.8 cm³/mol. The van der Waals surface area contributed by atoms with Crippen LogP contribution < -0.4 is 5.73 Å². The summed E-state index contributed by atoms with van der Waals surface area (Å²) in [4.78, 5) is 6.26. The molecule has 15 heavy (non-hydrogen) atoms. The van der Waals surface area contributed by atoms with Crippen LogP contribution in [0.15, 0.2) is 4.99 Å². The second-order valence-electron chi connectivity index (χ2n) is 3.04. The Morgan fingerprint density at radius 2 is 2.13 bits per heavy atom. The van der Waals surface area contributed by atoms with Gasteiger partial charge in [-0.3, -0.25) is 4.99 Å². The molecular weight excluding hydrogens is 309 g/mol. The predicted octanol–water partition coefficient (Wildman–Crippen LogP) is 0.288. The number of halogens is 1. The summed E-state index contributed by atoms with van der Waals surface area (Å²) in [6, 6.07) is 0. The number of guanidine groups is 1. The molecule has 6 heteroatoms. The summed E-state index contributed by atoms with van der Waals surface area (Å²) in [6.07, 6.45) is 0. The first-order valence-corrected chi connectivity index (χ1v) is 5.05. The van der Waals surface area contributed by atoms with E-state index in [2.05, 4.69) is 4.99 Å². The minimum Gasteiger partial charge on any atom is -0.380 e. The Labute approximate surface area is 108 Å². The molecule has 1 fully saturated rings. The molecule has 0 aromatic heterocycles. The summed E-state index contributed by atoms with van der Waals surface area (Å²) in [5, 5.41) is 0. The summed E-state index contributed by atoms with van der Waals surface area (Å²) in [7, 11) is 0. The molecule has 0 saturated carbocycles. The van der Waals surface area contributed by atoms with Crippen molar-refractivity contribution in [1.29, 1.82) is 0 Å². The van der Waals surface area contributed by atoms with Crippen LogP contribution in [0, 0.1) is 0 Å². The van der Waals surface area contributed by atoms with Crippen LogP contribution in [0.1, 0.15) is 6.92 Å². The van der Waals surface area contributed by atoms with E-state index in [0.29, 0.717) is 19.1 Å². The van der Waals surface area contributed by atoms with Gasteiger partial charge in [0.15, 0.2) is 5.96 Å². The van der Waals surface area contributed by atoms with E-state index in [4.69, 9.17) is 15.2 Å². The number of nitrogens with zero attached hydrogens (tertiary/aromatic N) is 2. The van der Waals surface area contributed by atoms with Crippen molar-refractivity contribution in [3.8, 4) is 0 Å². The van der Waals surface area contributed by atoms with Gasteiger partial charge in [0.25, 0.3) is 0 Å². The fourth-order valence-corrected chi connectivity index (χ4v) is 1.26. The fourth-order valence-electron chi connectivity index (χ4n) is 1.26. The highest BCUT2D eigenvalue weighted by atomic mass is 127. The van der Waals surface area contributed by atoms with Crippen molar-refractivity contribution in [1.82, 2.24) is 4.90 Å². The van der Waals surface area contributed by atoms with Crippen molar-refractivity contribution in [2.24, 2.45) is 10.7 Å². The largest absolute Gasteiger partial charge is 0.380 e. The van der Waals surface area contributed by atoms with Gasteiger partial charge in [-0.15, -0.1) is 24.0 Å². The highest BCUT2D eigenvalue weighted by Gasteiger charge is 2.11. The maximum Gasteiger partial charge on any atom is 0.191 e. The molecule has 0 radical (unpaired) electrons. The van der Waals surface area contributed by atoms with Gasteiger partial charge in [0.05, 0.1) is 26.4 Å². The SMILES string of the molecule is CCOCCN=C(N)N1CCOCC1.I. The van der Waals surface area contributed by atoms with Crippen LogP contribution in [0.25, 0.3) is 0 Å². The maximum atomic E-state index is 5.80. The second kappa shape index (κ2) is 9.17. The number of nitrogens with two attached hydrogens (primary N) is 1. The van der Waals surface area contributed by atoms with Gasteiger partial charge in [0.2, 0.25) is 0 Å². The maximum absolute atomic E-state index is 5.80. The van der Waals surface area contributed by atoms with E-state index >= 15 is 0 Å². The van der Waals surface area contributed by atoms with Gasteiger partial charge in [-0.1, -0.05) is 0 Å². The molecule has 0 atom stereocenters. The van der Waals surface area contributed by atoms with Crippen LogP contribution in [0.2, 0.25) is 0 Å². The Morgan fingerprint density at radius 3 is 2.73 bits per heavy atom. The second-order valence-corrected chi connectivity index (χ2v) is 3.04. The average Bonchev–Trinajstić information content (AvgIpc) is 2.25. The molecule has 2 N–H and O–H groups in total. The molecule has 0 bridgehead atoms. The Morgan fingerprint density at radius 1 is 1.47 bits per heavy atom. The number of ether oxygens (including phenoxy) is 2. The monoisotopic (exact) mass is 329 g/mol. The highest BCUT2D eigenvalue weighted by molar-refractivity contribution is 14.0. The summed E-state index contributed by atoms with van der Waals surface area (Å²) in [6.45, 7) is 7.12. The zero-order valence-electron chi connectivity index (χ0n) is 9.15. The Bertz CT molecular complexity index is 184. The summed E-state index contributed by atoms with van der Waals surface area (Å²) in [5.74, 6) is 0.605. The van der Waals surface area contributed by atoms with Crippen LogP contribution in [-0.4, -0.2) is 56.9 Å². The zero-order chi connectivity index (χ0) is 10.2. The molecule has 1 aliphatic rings. The topological polar surface area (TPSA) is 60.1 Å². The minimum absolute atomic E-state index is 0. The Kier molecular flexibility index (Phi) is 9.12. The lowest BCUT2D eigenvalue weighted by Crippen LogP contribution is -2.44. The molecular formula is C9H20IN3O2. The number of morpholine rings is 1. The van der Waals surface area contributed by atoms with Gasteiger partial charge in [-0.2, -0.15) is 0 Å². The van der Waals surface area contributed by atoms with Gasteiger partial charge in [0, 0.05) is 19.7 Å². The molecule has 1 heterocycles. The Balaban J connectivity index is 0.00000196. The third-order valence-corrected chi connectivity index (χ3v) is 2.05. The summed E-state index contributed by atoms with van der Waals surface area (Å²) in [5.41, 5.74) is 5.80. The van der Waals surface area contributed by atoms with Crippen molar-refractivity contribution in [2.75, 3.05) is 46.1 Å². The van der Waals surface area contributed by atoms with Crippen molar-refractivity contribution < 1.29 is 9.47 Å². The third kappa shape index (κ3) is 6.16. The molecule has 0 unspecified atom stereocenters. The minimum atomic E-state index is 0. The van der Waals surface area contributed by atoms with Crippen LogP contribution in [0.3, 0.4) is 0 Å². The number of aliphatic imine (C=N–C) groups is 1. The normalized spacial score (nSPS) is 17.4. The third-order valence-electron chi connectivity index (χ3n) is 2.05. The van der Waals surface area contributed by atoms with Crippen LogP contribution in [0.5, 0.6) is 0 Å². The molecule has 90 valence electrons. The molecule has 0 aliphatic carbocycles. The lowest BCUT2D eigenvalue weighted by molar-refractivity contribution is 0.0673. The quantitative estimate of drug-likeness (QED) is 0.349. The van der Waals surface area contributed by atoms with E-state index in [1.165, 1.54) is 0 Å². The van der Waals surface area contributed by atoms with Gasteiger partial charge in [0.1, 0.15) is 0 Å². The van der Waals surface area contributed by atoms with Crippen LogP contribution in [-0.2, 0) is 9.47 Å². The molecule has 0 amide bonds. The van der Waals surface area contributed by atoms with E-state index in [-0.39, 0.29) is 24.0 Å². The smallest absolute Gasteiger partial charge is 0.191 e. The van der Waals surface area contributed by atoms with Crippen molar-refractivity contribution in [3.63, 3.8) is 0 Å². The molecule has 5 nitrogen and oxygen atoms in total. The number of hydrogen-bond donors (Lipinski definition) is 1. The molecule has 1 rings (SSSR count). The van der Waals surface area contributed by atoms with Gasteiger partial charge >= 0.3 is 0 Å². The van der Waals surface area contributed by atoms with Crippen molar-refractivity contribution in [2.45, 2.75) is 6.92 Å². The van der Waals surface area contributed by atoms with E-state index < -0.39 is 0 Å².